The molecule has 2 aromatic carbocycles. The molecule has 1 amide bonds. The fourth-order valence-electron chi connectivity index (χ4n) is 2.52. The molecule has 0 aliphatic carbocycles. The highest BCUT2D eigenvalue weighted by molar-refractivity contribution is 7.16. The van der Waals surface area contributed by atoms with Gasteiger partial charge in [0.05, 0.1) is 21.7 Å². The Morgan fingerprint density at radius 1 is 1.35 bits per heavy atom. The number of halogens is 1. The average molecular weight is 386 g/mol. The molecule has 26 heavy (non-hydrogen) atoms. The third kappa shape index (κ3) is 3.25. The van der Waals surface area contributed by atoms with Gasteiger partial charge in [0.15, 0.2) is 4.80 Å². The van der Waals surface area contributed by atoms with Gasteiger partial charge in [-0.25, -0.2) is 0 Å². The van der Waals surface area contributed by atoms with Crippen LogP contribution in [-0.4, -0.2) is 15.4 Å². The fourth-order valence-corrected chi connectivity index (χ4v) is 3.76. The molecule has 0 unspecified atom stereocenters. The van der Waals surface area contributed by atoms with Crippen LogP contribution in [0, 0.1) is 29.4 Å². The van der Waals surface area contributed by atoms with E-state index in [1.54, 1.807) is 10.6 Å². The average Bonchev–Trinajstić information content (AvgIpc) is 2.96. The number of hydrogen-bond acceptors (Lipinski definition) is 4. The Morgan fingerprint density at radius 2 is 2.04 bits per heavy atom. The summed E-state index contributed by atoms with van der Waals surface area (Å²) in [7, 11) is 0. The lowest BCUT2D eigenvalue weighted by molar-refractivity contribution is -0.384. The number of nitro benzene ring substituents is 1. The normalized spacial score (nSPS) is 11.5. The zero-order valence-corrected chi connectivity index (χ0v) is 15.2. The van der Waals surface area contributed by atoms with Crippen LogP contribution in [0.15, 0.2) is 41.4 Å². The van der Waals surface area contributed by atoms with E-state index in [1.165, 1.54) is 35.6 Å². The molecule has 130 valence electrons. The number of carbonyl (C=O) groups is 1. The summed E-state index contributed by atoms with van der Waals surface area (Å²) in [6, 6.07) is 8.95. The number of carbonyl (C=O) groups excluding carboxylic acids is 1. The van der Waals surface area contributed by atoms with Gasteiger partial charge in [-0.15, -0.1) is 6.42 Å². The van der Waals surface area contributed by atoms with Crippen molar-refractivity contribution in [1.82, 2.24) is 4.57 Å². The fraction of sp³-hybridized carbons (Fsp3) is 0.111. The minimum atomic E-state index is -0.523. The molecule has 0 spiro atoms. The van der Waals surface area contributed by atoms with E-state index < -0.39 is 10.8 Å². The second-order valence-corrected chi connectivity index (χ2v) is 6.83. The highest BCUT2D eigenvalue weighted by Crippen LogP contribution is 2.27. The van der Waals surface area contributed by atoms with Crippen LogP contribution in [0.4, 0.5) is 5.69 Å². The summed E-state index contributed by atoms with van der Waals surface area (Å²) in [6.07, 6.45) is 5.47. The van der Waals surface area contributed by atoms with E-state index in [2.05, 4.69) is 10.9 Å². The van der Waals surface area contributed by atoms with Crippen molar-refractivity contribution in [2.75, 3.05) is 0 Å². The van der Waals surface area contributed by atoms with Crippen molar-refractivity contribution in [3.63, 3.8) is 0 Å². The van der Waals surface area contributed by atoms with Crippen molar-refractivity contribution in [2.45, 2.75) is 13.5 Å². The lowest BCUT2D eigenvalue weighted by Crippen LogP contribution is -2.17. The van der Waals surface area contributed by atoms with Gasteiger partial charge in [-0.3, -0.25) is 14.9 Å². The number of aryl methyl sites for hydroxylation is 1. The molecule has 0 aliphatic rings. The van der Waals surface area contributed by atoms with Crippen LogP contribution in [0.2, 0.25) is 5.02 Å². The van der Waals surface area contributed by atoms with E-state index in [4.69, 9.17) is 18.0 Å². The molecule has 3 aromatic rings. The van der Waals surface area contributed by atoms with Crippen molar-refractivity contribution in [3.05, 3.63) is 67.5 Å². The number of benzene rings is 2. The first-order chi connectivity index (χ1) is 12.4. The van der Waals surface area contributed by atoms with Gasteiger partial charge in [0.1, 0.15) is 0 Å². The van der Waals surface area contributed by atoms with E-state index in [1.807, 2.05) is 13.0 Å². The molecule has 0 fully saturated rings. The lowest BCUT2D eigenvalue weighted by Gasteiger charge is -2.04. The summed E-state index contributed by atoms with van der Waals surface area (Å²) in [5, 5.41) is 11.3. The lowest BCUT2D eigenvalue weighted by atomic mass is 10.2. The molecule has 0 aliphatic heterocycles. The molecule has 1 heterocycles. The van der Waals surface area contributed by atoms with Crippen molar-refractivity contribution in [2.24, 2.45) is 4.99 Å². The Bertz CT molecular complexity index is 1140. The van der Waals surface area contributed by atoms with Crippen LogP contribution >= 0.6 is 22.9 Å². The summed E-state index contributed by atoms with van der Waals surface area (Å²) < 4.78 is 2.68. The molecule has 3 rings (SSSR count). The monoisotopic (exact) mass is 385 g/mol. The predicted octanol–water partition coefficient (Wildman–Crippen LogP) is 3.95. The topological polar surface area (TPSA) is 77.5 Å². The Labute approximate surface area is 157 Å². The van der Waals surface area contributed by atoms with Gasteiger partial charge >= 0.3 is 0 Å². The maximum Gasteiger partial charge on any atom is 0.279 e. The highest BCUT2D eigenvalue weighted by atomic mass is 35.5. The predicted molar refractivity (Wildman–Crippen MR) is 101 cm³/mol. The van der Waals surface area contributed by atoms with Gasteiger partial charge in [-0.1, -0.05) is 28.9 Å². The molecular weight excluding hydrogens is 374 g/mol. The number of rotatable bonds is 3. The van der Waals surface area contributed by atoms with E-state index in [9.17, 15) is 14.9 Å². The first-order valence-electron chi connectivity index (χ1n) is 7.48. The minimum Gasteiger partial charge on any atom is -0.304 e. The standard InChI is InChI=1S/C18H12ClN3O3S/c1-3-10-21-16-11(2)14(19)8-9-15(16)26-18(21)20-17(23)12-4-6-13(7-5-12)22(24)25/h1,4-9H,10H2,2H3. The maximum absolute atomic E-state index is 12.5. The largest absolute Gasteiger partial charge is 0.304 e. The number of nitrogens with zero attached hydrogens (tertiary/aromatic N) is 3. The van der Waals surface area contributed by atoms with Crippen molar-refractivity contribution in [1.29, 1.82) is 0 Å². The third-order valence-corrected chi connectivity index (χ3v) is 5.25. The van der Waals surface area contributed by atoms with Crippen molar-refractivity contribution >= 4 is 44.7 Å². The van der Waals surface area contributed by atoms with Crippen LogP contribution in [0.1, 0.15) is 15.9 Å². The maximum atomic E-state index is 12.5. The van der Waals surface area contributed by atoms with Crippen molar-refractivity contribution in [3.8, 4) is 12.3 Å². The SMILES string of the molecule is C#CCn1c(=NC(=O)c2ccc([N+](=O)[O-])cc2)sc2ccc(Cl)c(C)c21. The minimum absolute atomic E-state index is 0.0870. The first kappa shape index (κ1) is 17.9. The number of aromatic nitrogens is 1. The number of nitro groups is 1. The van der Waals surface area contributed by atoms with Gasteiger partial charge in [0.2, 0.25) is 0 Å². The molecule has 6 nitrogen and oxygen atoms in total. The van der Waals surface area contributed by atoms with E-state index >= 15 is 0 Å². The van der Waals surface area contributed by atoms with Gasteiger partial charge in [0.25, 0.3) is 11.6 Å². The summed E-state index contributed by atoms with van der Waals surface area (Å²) in [5.41, 5.74) is 1.88. The second-order valence-electron chi connectivity index (χ2n) is 5.41. The Kier molecular flexibility index (Phi) is 4.89. The van der Waals surface area contributed by atoms with Crippen LogP contribution in [0.5, 0.6) is 0 Å². The quantitative estimate of drug-likeness (QED) is 0.389. The molecule has 0 N–H and O–H groups in total. The number of amides is 1. The molecule has 0 atom stereocenters. The zero-order valence-electron chi connectivity index (χ0n) is 13.6. The number of fused-ring (bicyclic) bond motifs is 1. The van der Waals surface area contributed by atoms with Gasteiger partial charge < -0.3 is 4.57 Å². The Hall–Kier alpha value is -2.95. The Balaban J connectivity index is 2.13. The Morgan fingerprint density at radius 3 is 2.65 bits per heavy atom. The number of thiazole rings is 1. The van der Waals surface area contributed by atoms with Gasteiger partial charge in [0, 0.05) is 22.7 Å². The summed E-state index contributed by atoms with van der Waals surface area (Å²) in [5.74, 6) is 2.06. The van der Waals surface area contributed by atoms with Crippen LogP contribution in [-0.2, 0) is 6.54 Å². The molecule has 0 saturated heterocycles. The molecule has 0 bridgehead atoms. The molecule has 0 saturated carbocycles. The number of terminal acetylenes is 1. The summed E-state index contributed by atoms with van der Waals surface area (Å²) in [6.45, 7) is 2.12. The van der Waals surface area contributed by atoms with Crippen molar-refractivity contribution < 1.29 is 9.72 Å². The van der Waals surface area contributed by atoms with E-state index in [0.29, 0.717) is 9.82 Å². The van der Waals surface area contributed by atoms with Crippen LogP contribution < -0.4 is 4.80 Å². The van der Waals surface area contributed by atoms with Crippen LogP contribution in [0.3, 0.4) is 0 Å². The van der Waals surface area contributed by atoms with Crippen LogP contribution in [0.25, 0.3) is 10.2 Å². The number of hydrogen-bond donors (Lipinski definition) is 0. The van der Waals surface area contributed by atoms with E-state index in [0.717, 1.165) is 15.8 Å². The first-order valence-corrected chi connectivity index (χ1v) is 8.67. The zero-order chi connectivity index (χ0) is 18.8. The molecule has 1 aromatic heterocycles. The smallest absolute Gasteiger partial charge is 0.279 e. The summed E-state index contributed by atoms with van der Waals surface area (Å²) >= 11 is 7.53. The number of non-ortho nitro benzene ring substituents is 1. The molecular formula is C18H12ClN3O3S. The third-order valence-electron chi connectivity index (χ3n) is 3.80. The van der Waals surface area contributed by atoms with E-state index in [-0.39, 0.29) is 17.8 Å². The highest BCUT2D eigenvalue weighted by Gasteiger charge is 2.13. The van der Waals surface area contributed by atoms with Gasteiger partial charge in [-0.05, 0) is 36.8 Å². The molecule has 8 heteroatoms. The molecule has 0 radical (unpaired) electrons. The van der Waals surface area contributed by atoms with Gasteiger partial charge in [-0.2, -0.15) is 4.99 Å². The summed E-state index contributed by atoms with van der Waals surface area (Å²) in [4.78, 5) is 27.3. The second kappa shape index (κ2) is 7.12.